The number of likely N-dealkylation sites (tertiary alicyclic amines) is 2. The van der Waals surface area contributed by atoms with Crippen molar-refractivity contribution in [1.29, 1.82) is 0 Å². The quantitative estimate of drug-likeness (QED) is 0.823. The molecule has 0 aromatic heterocycles. The summed E-state index contributed by atoms with van der Waals surface area (Å²) < 4.78 is 38.7. The molecule has 1 aromatic rings. The summed E-state index contributed by atoms with van der Waals surface area (Å²) in [7, 11) is 1.84. The minimum Gasteiger partial charge on any atom is -0.345 e. The Bertz CT molecular complexity index is 634. The van der Waals surface area contributed by atoms with Crippen LogP contribution in [0.2, 0.25) is 0 Å². The molecule has 6 heteroatoms. The maximum atomic E-state index is 12.9. The van der Waals surface area contributed by atoms with Crippen molar-refractivity contribution in [2.45, 2.75) is 38.9 Å². The highest BCUT2D eigenvalue weighted by molar-refractivity contribution is 5.79. The summed E-state index contributed by atoms with van der Waals surface area (Å²) in [4.78, 5) is 15.8. The number of rotatable bonds is 2. The molecule has 1 amide bonds. The van der Waals surface area contributed by atoms with E-state index in [9.17, 15) is 18.0 Å². The highest BCUT2D eigenvalue weighted by atomic mass is 19.4. The van der Waals surface area contributed by atoms with Crippen LogP contribution in [-0.2, 0) is 17.5 Å². The number of carbonyl (C=O) groups is 1. The molecule has 1 spiro atoms. The summed E-state index contributed by atoms with van der Waals surface area (Å²) in [5, 5.41) is 0. The van der Waals surface area contributed by atoms with E-state index in [0.29, 0.717) is 13.0 Å². The summed E-state index contributed by atoms with van der Waals surface area (Å²) in [6, 6.07) is 3.96. The number of hydrogen-bond donors (Lipinski definition) is 0. The lowest BCUT2D eigenvalue weighted by Crippen LogP contribution is -2.41. The summed E-state index contributed by atoms with van der Waals surface area (Å²) in [5.41, 5.74) is 1.12. The fourth-order valence-corrected chi connectivity index (χ4v) is 3.88. The van der Waals surface area contributed by atoms with E-state index < -0.39 is 11.7 Å². The molecule has 24 heavy (non-hydrogen) atoms. The van der Waals surface area contributed by atoms with Crippen molar-refractivity contribution in [2.75, 3.05) is 26.7 Å². The Morgan fingerprint density at radius 2 is 1.88 bits per heavy atom. The maximum Gasteiger partial charge on any atom is 0.416 e. The third kappa shape index (κ3) is 3.43. The monoisotopic (exact) mass is 340 g/mol. The number of alkyl halides is 3. The van der Waals surface area contributed by atoms with Gasteiger partial charge in [-0.3, -0.25) is 9.69 Å². The van der Waals surface area contributed by atoms with Crippen molar-refractivity contribution in [3.05, 3.63) is 34.9 Å². The first-order valence-corrected chi connectivity index (χ1v) is 8.32. The molecule has 0 atom stereocenters. The Hall–Kier alpha value is -1.56. The molecule has 2 aliphatic heterocycles. The Morgan fingerprint density at radius 3 is 2.42 bits per heavy atom. The highest BCUT2D eigenvalue weighted by Crippen LogP contribution is 2.41. The van der Waals surface area contributed by atoms with Crippen LogP contribution in [0.3, 0.4) is 0 Å². The number of amides is 1. The van der Waals surface area contributed by atoms with Crippen LogP contribution in [0.15, 0.2) is 18.2 Å². The molecule has 0 bridgehead atoms. The number of piperidine rings is 1. The molecule has 1 aromatic carbocycles. The largest absolute Gasteiger partial charge is 0.416 e. The van der Waals surface area contributed by atoms with Gasteiger partial charge in [-0.15, -0.1) is 0 Å². The van der Waals surface area contributed by atoms with Gasteiger partial charge in [-0.1, -0.05) is 6.07 Å². The van der Waals surface area contributed by atoms with E-state index >= 15 is 0 Å². The van der Waals surface area contributed by atoms with E-state index in [-0.39, 0.29) is 11.3 Å². The van der Waals surface area contributed by atoms with Crippen molar-refractivity contribution in [1.82, 2.24) is 9.80 Å². The average molecular weight is 340 g/mol. The first-order chi connectivity index (χ1) is 11.2. The van der Waals surface area contributed by atoms with Gasteiger partial charge in [0.05, 0.1) is 5.56 Å². The normalized spacial score (nSPS) is 21.7. The van der Waals surface area contributed by atoms with E-state index in [4.69, 9.17) is 0 Å². The van der Waals surface area contributed by atoms with Gasteiger partial charge in [0.25, 0.3) is 0 Å². The van der Waals surface area contributed by atoms with E-state index in [1.165, 1.54) is 6.07 Å². The summed E-state index contributed by atoms with van der Waals surface area (Å²) in [6.07, 6.45) is -1.83. The third-order valence-electron chi connectivity index (χ3n) is 5.51. The Labute approximate surface area is 140 Å². The molecule has 2 heterocycles. The molecule has 2 fully saturated rings. The predicted octanol–water partition coefficient (Wildman–Crippen LogP) is 3.46. The number of nitrogens with zero attached hydrogens (tertiary/aromatic N) is 2. The molecular weight excluding hydrogens is 317 g/mol. The molecule has 0 saturated carbocycles. The van der Waals surface area contributed by atoms with Gasteiger partial charge in [0, 0.05) is 26.6 Å². The predicted molar refractivity (Wildman–Crippen MR) is 85.4 cm³/mol. The number of hydrogen-bond acceptors (Lipinski definition) is 2. The van der Waals surface area contributed by atoms with Gasteiger partial charge in [-0.25, -0.2) is 0 Å². The topological polar surface area (TPSA) is 23.6 Å². The second-order valence-electron chi connectivity index (χ2n) is 7.34. The second-order valence-corrected chi connectivity index (χ2v) is 7.34. The van der Waals surface area contributed by atoms with E-state index in [1.807, 2.05) is 14.0 Å². The average Bonchev–Trinajstić information content (AvgIpc) is 2.77. The second kappa shape index (κ2) is 6.06. The van der Waals surface area contributed by atoms with Crippen molar-refractivity contribution in [2.24, 2.45) is 5.41 Å². The fourth-order valence-electron chi connectivity index (χ4n) is 3.88. The molecule has 0 radical (unpaired) electrons. The highest BCUT2D eigenvalue weighted by Gasteiger charge is 2.43. The molecule has 2 saturated heterocycles. The number of aryl methyl sites for hydroxylation is 1. The van der Waals surface area contributed by atoms with Gasteiger partial charge >= 0.3 is 6.18 Å². The van der Waals surface area contributed by atoms with Crippen LogP contribution < -0.4 is 0 Å². The SMILES string of the molecule is Cc1ccc(C(F)(F)F)cc1CN1CCC2(CC1)CC(=O)N(C)C2. The zero-order valence-corrected chi connectivity index (χ0v) is 14.1. The molecule has 2 aliphatic rings. The van der Waals surface area contributed by atoms with Gasteiger partial charge in [0.1, 0.15) is 0 Å². The van der Waals surface area contributed by atoms with Crippen LogP contribution >= 0.6 is 0 Å². The standard InChI is InChI=1S/C18H23F3N2O/c1-13-3-4-15(18(19,20)21)9-14(13)11-23-7-5-17(6-8-23)10-16(24)22(2)12-17/h3-4,9H,5-8,10-12H2,1-2H3. The van der Waals surface area contributed by atoms with E-state index in [1.54, 1.807) is 11.0 Å². The van der Waals surface area contributed by atoms with Crippen LogP contribution in [-0.4, -0.2) is 42.4 Å². The molecular formula is C18H23F3N2O. The maximum absolute atomic E-state index is 12.9. The summed E-state index contributed by atoms with van der Waals surface area (Å²) >= 11 is 0. The molecule has 0 aliphatic carbocycles. The van der Waals surface area contributed by atoms with Gasteiger partial charge in [-0.05, 0) is 61.5 Å². The van der Waals surface area contributed by atoms with E-state index in [2.05, 4.69) is 4.90 Å². The Morgan fingerprint density at radius 1 is 1.21 bits per heavy atom. The third-order valence-corrected chi connectivity index (χ3v) is 5.51. The van der Waals surface area contributed by atoms with Crippen molar-refractivity contribution in [3.63, 3.8) is 0 Å². The summed E-state index contributed by atoms with van der Waals surface area (Å²) in [5.74, 6) is 0.206. The fraction of sp³-hybridized carbons (Fsp3) is 0.611. The van der Waals surface area contributed by atoms with Crippen LogP contribution in [0.5, 0.6) is 0 Å². The van der Waals surface area contributed by atoms with Crippen molar-refractivity contribution >= 4 is 5.91 Å². The zero-order valence-electron chi connectivity index (χ0n) is 14.1. The molecule has 132 valence electrons. The van der Waals surface area contributed by atoms with Crippen LogP contribution in [0.4, 0.5) is 13.2 Å². The smallest absolute Gasteiger partial charge is 0.345 e. The van der Waals surface area contributed by atoms with Crippen LogP contribution in [0.1, 0.15) is 36.0 Å². The number of halogens is 3. The lowest BCUT2D eigenvalue weighted by atomic mass is 9.77. The van der Waals surface area contributed by atoms with E-state index in [0.717, 1.165) is 49.7 Å². The molecule has 3 rings (SSSR count). The lowest BCUT2D eigenvalue weighted by molar-refractivity contribution is -0.137. The molecule has 3 nitrogen and oxygen atoms in total. The zero-order chi connectivity index (χ0) is 17.5. The first kappa shape index (κ1) is 17.3. The van der Waals surface area contributed by atoms with Gasteiger partial charge in [-0.2, -0.15) is 13.2 Å². The van der Waals surface area contributed by atoms with Crippen molar-refractivity contribution < 1.29 is 18.0 Å². The number of carbonyl (C=O) groups excluding carboxylic acids is 1. The Kier molecular flexibility index (Phi) is 4.36. The minimum absolute atomic E-state index is 0.0746. The number of benzene rings is 1. The lowest BCUT2D eigenvalue weighted by Gasteiger charge is -2.38. The van der Waals surface area contributed by atoms with Crippen molar-refractivity contribution in [3.8, 4) is 0 Å². The Balaban J connectivity index is 1.65. The molecule has 0 N–H and O–H groups in total. The summed E-state index contributed by atoms with van der Waals surface area (Å²) in [6.45, 7) is 4.86. The first-order valence-electron chi connectivity index (χ1n) is 8.32. The van der Waals surface area contributed by atoms with Crippen LogP contribution in [0.25, 0.3) is 0 Å². The molecule has 0 unspecified atom stereocenters. The van der Waals surface area contributed by atoms with Gasteiger partial charge < -0.3 is 4.90 Å². The van der Waals surface area contributed by atoms with Gasteiger partial charge in [0.2, 0.25) is 5.91 Å². The van der Waals surface area contributed by atoms with Crippen LogP contribution in [0, 0.1) is 12.3 Å². The minimum atomic E-state index is -4.30. The van der Waals surface area contributed by atoms with Gasteiger partial charge in [0.15, 0.2) is 0 Å².